The molecule has 8 nitrogen and oxygen atoms in total. The summed E-state index contributed by atoms with van der Waals surface area (Å²) in [4.78, 5) is 35.5. The van der Waals surface area contributed by atoms with Crippen molar-refractivity contribution in [3.63, 3.8) is 0 Å². The van der Waals surface area contributed by atoms with E-state index in [1.807, 2.05) is 6.08 Å². The average Bonchev–Trinajstić information content (AvgIpc) is 2.95. The van der Waals surface area contributed by atoms with Crippen LogP contribution in [0.2, 0.25) is 0 Å². The van der Waals surface area contributed by atoms with Crippen molar-refractivity contribution in [1.29, 1.82) is 0 Å². The van der Waals surface area contributed by atoms with E-state index in [0.29, 0.717) is 12.3 Å². The van der Waals surface area contributed by atoms with Crippen LogP contribution in [-0.2, 0) is 18.6 Å². The van der Waals surface area contributed by atoms with Gasteiger partial charge in [0.2, 0.25) is 11.8 Å². The highest BCUT2D eigenvalue weighted by atomic mass is 32.2. The minimum Gasteiger partial charge on any atom is -0.396 e. The number of amides is 2. The van der Waals surface area contributed by atoms with E-state index in [-0.39, 0.29) is 37.9 Å². The van der Waals surface area contributed by atoms with E-state index in [2.05, 4.69) is 78.3 Å². The highest BCUT2D eigenvalue weighted by Gasteiger charge is 2.32. The molecule has 0 saturated heterocycles. The van der Waals surface area contributed by atoms with Gasteiger partial charge in [-0.15, -0.1) is 0 Å². The van der Waals surface area contributed by atoms with E-state index in [4.69, 9.17) is 4.18 Å². The second kappa shape index (κ2) is 26.0. The minimum absolute atomic E-state index is 0.0468. The van der Waals surface area contributed by atoms with Crippen molar-refractivity contribution in [2.75, 3.05) is 25.4 Å². The van der Waals surface area contributed by atoms with Crippen molar-refractivity contribution in [3.8, 4) is 0 Å². The highest BCUT2D eigenvalue weighted by Crippen LogP contribution is 2.19. The van der Waals surface area contributed by atoms with Gasteiger partial charge in [0.15, 0.2) is 0 Å². The minimum atomic E-state index is -1.37. The zero-order valence-electron chi connectivity index (χ0n) is 24.9. The van der Waals surface area contributed by atoms with Crippen LogP contribution in [0.15, 0.2) is 72.9 Å². The van der Waals surface area contributed by atoms with Crippen LogP contribution in [0, 0.1) is 5.41 Å². The topological polar surface area (TPSA) is 125 Å². The molecule has 0 spiro atoms. The molecule has 4 N–H and O–H groups in total. The lowest BCUT2D eigenvalue weighted by Gasteiger charge is -2.27. The normalized spacial score (nSPS) is 13.4. The summed E-state index contributed by atoms with van der Waals surface area (Å²) in [5, 5.41) is 24.2. The Hall–Kier alpha value is -2.88. The van der Waals surface area contributed by atoms with Gasteiger partial charge < -0.3 is 25.0 Å². The average molecular weight is 591 g/mol. The maximum atomic E-state index is 11.9. The maximum absolute atomic E-state index is 11.9. The zero-order chi connectivity index (χ0) is 30.6. The molecule has 9 heteroatoms. The van der Waals surface area contributed by atoms with Gasteiger partial charge in [-0.1, -0.05) is 93.7 Å². The Bertz CT molecular complexity index is 906. The summed E-state index contributed by atoms with van der Waals surface area (Å²) in [7, 11) is 0. The Kier molecular flexibility index (Phi) is 24.2. The molecule has 1 atom stereocenters. The van der Waals surface area contributed by atoms with Crippen LogP contribution in [0.4, 0.5) is 0 Å². The van der Waals surface area contributed by atoms with Gasteiger partial charge in [-0.25, -0.2) is 0 Å². The summed E-state index contributed by atoms with van der Waals surface area (Å²) in [6.45, 7) is 5.31. The zero-order valence-corrected chi connectivity index (χ0v) is 25.7. The van der Waals surface area contributed by atoms with Gasteiger partial charge >= 0.3 is 5.97 Å². The molecule has 0 radical (unpaired) electrons. The molecule has 0 aliphatic carbocycles. The van der Waals surface area contributed by atoms with Gasteiger partial charge in [-0.3, -0.25) is 14.4 Å². The van der Waals surface area contributed by atoms with Crippen molar-refractivity contribution in [1.82, 2.24) is 10.6 Å². The molecular weight excluding hydrogens is 540 g/mol. The third kappa shape index (κ3) is 23.5. The summed E-state index contributed by atoms with van der Waals surface area (Å²) >= 11 is 0.974. The molecule has 0 saturated carbocycles. The molecule has 2 amide bonds. The van der Waals surface area contributed by atoms with Crippen LogP contribution in [0.25, 0.3) is 0 Å². The van der Waals surface area contributed by atoms with Gasteiger partial charge in [0.05, 0.1) is 25.1 Å². The molecule has 0 fully saturated rings. The quantitative estimate of drug-likeness (QED) is 0.0726. The third-order valence-electron chi connectivity index (χ3n) is 5.59. The second-order valence-electron chi connectivity index (χ2n) is 9.84. The van der Waals surface area contributed by atoms with Crippen LogP contribution < -0.4 is 10.6 Å². The lowest BCUT2D eigenvalue weighted by atomic mass is 9.87. The Balaban J connectivity index is 3.74. The lowest BCUT2D eigenvalue weighted by molar-refractivity contribution is -0.137. The second-order valence-corrected chi connectivity index (χ2v) is 10.6. The molecule has 0 unspecified atom stereocenters. The molecule has 0 bridgehead atoms. The van der Waals surface area contributed by atoms with Crippen LogP contribution in [0.5, 0.6) is 0 Å². The number of rotatable bonds is 23. The number of hydrogen-bond acceptors (Lipinski definition) is 7. The van der Waals surface area contributed by atoms with Crippen LogP contribution in [0.3, 0.4) is 0 Å². The van der Waals surface area contributed by atoms with Crippen LogP contribution in [-0.4, -0.2) is 59.5 Å². The molecule has 0 aromatic rings. The van der Waals surface area contributed by atoms with Crippen molar-refractivity contribution >= 4 is 29.8 Å². The van der Waals surface area contributed by atoms with E-state index in [1.165, 1.54) is 0 Å². The fourth-order valence-electron chi connectivity index (χ4n) is 3.00. The Labute approximate surface area is 251 Å². The SMILES string of the molecule is CC/C=C\C/C=C\C/C=C\C/C=C\C/C=C\C/C=C\CC(=O)OSCCNC(=O)CCNC(=O)[C@H](O)C(C)(C)CO. The molecule has 0 aromatic heterocycles. The molecule has 41 heavy (non-hydrogen) atoms. The van der Waals surface area contributed by atoms with Gasteiger partial charge in [-0.2, -0.15) is 0 Å². The molecular formula is C32H50N2O6S. The van der Waals surface area contributed by atoms with E-state index < -0.39 is 17.4 Å². The summed E-state index contributed by atoms with van der Waals surface area (Å²) in [5.74, 6) is -0.859. The molecule has 230 valence electrons. The molecule has 0 rings (SSSR count). The van der Waals surface area contributed by atoms with Crippen molar-refractivity contribution in [2.24, 2.45) is 5.41 Å². The van der Waals surface area contributed by atoms with E-state index in [9.17, 15) is 24.6 Å². The number of carbonyl (C=O) groups excluding carboxylic acids is 3. The summed E-state index contributed by atoms with van der Waals surface area (Å²) in [6.07, 6.45) is 29.7. The predicted molar refractivity (Wildman–Crippen MR) is 169 cm³/mol. The predicted octanol–water partition coefficient (Wildman–Crippen LogP) is 5.27. The molecule has 0 aliphatic rings. The summed E-state index contributed by atoms with van der Waals surface area (Å²) < 4.78 is 5.07. The van der Waals surface area contributed by atoms with Crippen molar-refractivity contribution in [3.05, 3.63) is 72.9 Å². The number of aliphatic hydroxyl groups excluding tert-OH is 2. The molecule has 0 aliphatic heterocycles. The smallest absolute Gasteiger partial charge is 0.321 e. The van der Waals surface area contributed by atoms with Crippen molar-refractivity contribution < 1.29 is 28.8 Å². The van der Waals surface area contributed by atoms with Gasteiger partial charge in [-0.05, 0) is 38.5 Å². The molecule has 0 heterocycles. The van der Waals surface area contributed by atoms with Crippen LogP contribution in [0.1, 0.15) is 72.1 Å². The Morgan fingerprint density at radius 1 is 0.780 bits per heavy atom. The highest BCUT2D eigenvalue weighted by molar-refractivity contribution is 7.95. The number of aliphatic hydroxyl groups is 2. The molecule has 0 aromatic carbocycles. The standard InChI is InChI=1S/C32H50N2O6S/c1-4-5-6-7-8-9-10-11-12-13-14-15-16-17-18-19-20-21-22-29(37)40-41-26-25-33-28(36)23-24-34-31(39)30(38)32(2,3)27-35/h5-6,8-9,11-12,14-15,17-18,20-21,30,35,38H,4,7,10,13,16,19,22-27H2,1-3H3,(H,33,36)(H,34,39)/b6-5-,9-8-,12-11-,15-14-,18-17-,21-20-/t30-/m0/s1. The Morgan fingerprint density at radius 3 is 1.76 bits per heavy atom. The van der Waals surface area contributed by atoms with Crippen molar-refractivity contribution in [2.45, 2.75) is 78.2 Å². The Morgan fingerprint density at radius 2 is 1.27 bits per heavy atom. The largest absolute Gasteiger partial charge is 0.396 e. The summed E-state index contributed by atoms with van der Waals surface area (Å²) in [6, 6.07) is 0. The summed E-state index contributed by atoms with van der Waals surface area (Å²) in [5.41, 5.74) is -0.965. The van der Waals surface area contributed by atoms with Gasteiger partial charge in [0.25, 0.3) is 0 Å². The van der Waals surface area contributed by atoms with E-state index >= 15 is 0 Å². The lowest BCUT2D eigenvalue weighted by Crippen LogP contribution is -2.46. The van der Waals surface area contributed by atoms with Crippen LogP contribution >= 0.6 is 12.0 Å². The van der Waals surface area contributed by atoms with E-state index in [0.717, 1.165) is 50.6 Å². The first-order chi connectivity index (χ1) is 19.7. The van der Waals surface area contributed by atoms with Gasteiger partial charge in [0, 0.05) is 30.7 Å². The first-order valence-corrected chi connectivity index (χ1v) is 15.2. The maximum Gasteiger partial charge on any atom is 0.321 e. The first-order valence-electron chi connectivity index (χ1n) is 14.3. The number of hydrogen-bond donors (Lipinski definition) is 4. The number of carbonyl (C=O) groups is 3. The first kappa shape index (κ1) is 38.1. The fourth-order valence-corrected chi connectivity index (χ4v) is 3.47. The third-order valence-corrected chi connectivity index (χ3v) is 6.26. The fraction of sp³-hybridized carbons (Fsp3) is 0.531. The number of nitrogens with one attached hydrogen (secondary N) is 2. The van der Waals surface area contributed by atoms with Gasteiger partial charge in [0.1, 0.15) is 6.10 Å². The monoisotopic (exact) mass is 590 g/mol. The number of allylic oxidation sites excluding steroid dienone is 11. The van der Waals surface area contributed by atoms with E-state index in [1.54, 1.807) is 19.9 Å².